The Kier molecular flexibility index (Phi) is 5.05. The molecule has 2 atom stereocenters. The molecule has 0 aromatic heterocycles. The van der Waals surface area contributed by atoms with Crippen LogP contribution in [0.1, 0.15) is 28.3 Å². The van der Waals surface area contributed by atoms with Gasteiger partial charge in [-0.05, 0) is 5.56 Å². The first kappa shape index (κ1) is 15.5. The number of ketones is 1. The van der Waals surface area contributed by atoms with Crippen molar-refractivity contribution in [3.63, 3.8) is 0 Å². The minimum atomic E-state index is -1.03. The summed E-state index contributed by atoms with van der Waals surface area (Å²) in [7, 11) is 0. The van der Waals surface area contributed by atoms with Crippen molar-refractivity contribution in [2.75, 3.05) is 0 Å². The lowest BCUT2D eigenvalue weighted by Gasteiger charge is -2.19. The largest absolute Gasteiger partial charge is 0.369 e. The lowest BCUT2D eigenvalue weighted by Crippen LogP contribution is -2.29. The van der Waals surface area contributed by atoms with Crippen LogP contribution in [0.3, 0.4) is 0 Å². The normalized spacial score (nSPS) is 12.9. The Bertz CT molecular complexity index is 690. The summed E-state index contributed by atoms with van der Waals surface area (Å²) in [4.78, 5) is 24.0. The summed E-state index contributed by atoms with van der Waals surface area (Å²) in [6, 6.07) is 19.8. The van der Waals surface area contributed by atoms with Gasteiger partial charge in [-0.2, -0.15) is 5.26 Å². The average Bonchev–Trinajstić information content (AvgIpc) is 2.55. The lowest BCUT2D eigenvalue weighted by molar-refractivity contribution is -0.120. The number of primary amides is 1. The molecule has 0 aliphatic rings. The highest BCUT2D eigenvalue weighted by Crippen LogP contribution is 2.29. The fourth-order valence-corrected chi connectivity index (χ4v) is 2.42. The first-order valence-electron chi connectivity index (χ1n) is 6.95. The first-order valence-corrected chi connectivity index (χ1v) is 6.95. The van der Waals surface area contributed by atoms with Gasteiger partial charge in [-0.25, -0.2) is 0 Å². The Hall–Kier alpha value is -2.93. The van der Waals surface area contributed by atoms with Crippen LogP contribution in [0, 0.1) is 17.2 Å². The minimum absolute atomic E-state index is 0.0647. The maximum atomic E-state index is 12.4. The highest BCUT2D eigenvalue weighted by molar-refractivity contribution is 5.97. The van der Waals surface area contributed by atoms with Crippen LogP contribution in [0.5, 0.6) is 0 Å². The van der Waals surface area contributed by atoms with Crippen LogP contribution in [-0.4, -0.2) is 11.7 Å². The van der Waals surface area contributed by atoms with Crippen LogP contribution >= 0.6 is 0 Å². The van der Waals surface area contributed by atoms with Gasteiger partial charge >= 0.3 is 0 Å². The van der Waals surface area contributed by atoms with Crippen LogP contribution in [-0.2, 0) is 4.79 Å². The van der Waals surface area contributed by atoms with Gasteiger partial charge in [0.2, 0.25) is 5.91 Å². The van der Waals surface area contributed by atoms with Gasteiger partial charge < -0.3 is 5.73 Å². The first-order chi connectivity index (χ1) is 10.6. The van der Waals surface area contributed by atoms with Gasteiger partial charge in [-0.3, -0.25) is 9.59 Å². The molecular weight excluding hydrogens is 276 g/mol. The molecule has 0 heterocycles. The topological polar surface area (TPSA) is 83.9 Å². The van der Waals surface area contributed by atoms with Crippen molar-refractivity contribution in [1.82, 2.24) is 0 Å². The van der Waals surface area contributed by atoms with Gasteiger partial charge in [-0.1, -0.05) is 60.7 Å². The van der Waals surface area contributed by atoms with Crippen molar-refractivity contribution in [3.05, 3.63) is 71.8 Å². The Morgan fingerprint density at radius 2 is 1.55 bits per heavy atom. The van der Waals surface area contributed by atoms with E-state index in [-0.39, 0.29) is 12.2 Å². The summed E-state index contributed by atoms with van der Waals surface area (Å²) in [5.74, 6) is -2.40. The average molecular weight is 292 g/mol. The number of nitriles is 1. The highest BCUT2D eigenvalue weighted by atomic mass is 16.1. The number of hydrogen-bond acceptors (Lipinski definition) is 3. The van der Waals surface area contributed by atoms with Crippen molar-refractivity contribution >= 4 is 11.7 Å². The van der Waals surface area contributed by atoms with Gasteiger partial charge in [0.25, 0.3) is 0 Å². The van der Waals surface area contributed by atoms with Crippen LogP contribution in [0.15, 0.2) is 60.7 Å². The summed E-state index contributed by atoms with van der Waals surface area (Å²) in [6.07, 6.45) is 0.0647. The number of amides is 1. The summed E-state index contributed by atoms with van der Waals surface area (Å²) in [5, 5.41) is 9.25. The molecule has 2 N–H and O–H groups in total. The van der Waals surface area contributed by atoms with Crippen LogP contribution < -0.4 is 5.73 Å². The van der Waals surface area contributed by atoms with Gasteiger partial charge in [0.05, 0.1) is 6.07 Å². The summed E-state index contributed by atoms with van der Waals surface area (Å²) < 4.78 is 0. The zero-order valence-electron chi connectivity index (χ0n) is 12.0. The van der Waals surface area contributed by atoms with E-state index in [4.69, 9.17) is 5.73 Å². The number of nitrogens with two attached hydrogens (primary N) is 1. The van der Waals surface area contributed by atoms with Gasteiger partial charge in [0, 0.05) is 17.9 Å². The molecule has 0 bridgehead atoms. The highest BCUT2D eigenvalue weighted by Gasteiger charge is 2.30. The van der Waals surface area contributed by atoms with E-state index in [9.17, 15) is 14.9 Å². The molecular formula is C18H16N2O2. The summed E-state index contributed by atoms with van der Waals surface area (Å²) in [5.41, 5.74) is 6.65. The van der Waals surface area contributed by atoms with E-state index in [1.165, 1.54) is 0 Å². The molecule has 2 rings (SSSR count). The molecule has 1 amide bonds. The fourth-order valence-electron chi connectivity index (χ4n) is 2.42. The molecule has 110 valence electrons. The molecule has 0 radical (unpaired) electrons. The molecule has 4 heteroatoms. The molecule has 22 heavy (non-hydrogen) atoms. The van der Waals surface area contributed by atoms with E-state index >= 15 is 0 Å². The Morgan fingerprint density at radius 3 is 2.05 bits per heavy atom. The van der Waals surface area contributed by atoms with E-state index in [1.54, 1.807) is 36.4 Å². The predicted molar refractivity (Wildman–Crippen MR) is 82.9 cm³/mol. The summed E-state index contributed by atoms with van der Waals surface area (Å²) >= 11 is 0. The van der Waals surface area contributed by atoms with Crippen molar-refractivity contribution in [2.45, 2.75) is 12.3 Å². The third-order valence-corrected chi connectivity index (χ3v) is 3.58. The van der Waals surface area contributed by atoms with Crippen LogP contribution in [0.25, 0.3) is 0 Å². The molecule has 2 aromatic rings. The monoisotopic (exact) mass is 292 g/mol. The molecule has 4 nitrogen and oxygen atoms in total. The second kappa shape index (κ2) is 7.19. The van der Waals surface area contributed by atoms with Crippen molar-refractivity contribution in [1.29, 1.82) is 5.26 Å². The van der Waals surface area contributed by atoms with Crippen molar-refractivity contribution < 1.29 is 9.59 Å². The number of rotatable bonds is 6. The Labute approximate surface area is 129 Å². The number of carbonyl (C=O) groups is 2. The molecule has 0 saturated heterocycles. The quantitative estimate of drug-likeness (QED) is 0.831. The van der Waals surface area contributed by atoms with E-state index in [1.807, 2.05) is 30.3 Å². The Balaban J connectivity index is 2.32. The van der Waals surface area contributed by atoms with Gasteiger partial charge in [-0.15, -0.1) is 0 Å². The zero-order valence-corrected chi connectivity index (χ0v) is 12.0. The molecule has 0 unspecified atom stereocenters. The smallest absolute Gasteiger partial charge is 0.235 e. The maximum Gasteiger partial charge on any atom is 0.235 e. The van der Waals surface area contributed by atoms with Crippen LogP contribution in [0.4, 0.5) is 0 Å². The van der Waals surface area contributed by atoms with E-state index in [0.29, 0.717) is 5.56 Å². The molecule has 0 aliphatic carbocycles. The molecule has 0 fully saturated rings. The van der Waals surface area contributed by atoms with Crippen LogP contribution in [0.2, 0.25) is 0 Å². The third kappa shape index (κ3) is 3.58. The fraction of sp³-hybridized carbons (Fsp3) is 0.167. The van der Waals surface area contributed by atoms with Gasteiger partial charge in [0.1, 0.15) is 5.92 Å². The number of hydrogen-bond donors (Lipinski definition) is 1. The molecule has 0 aliphatic heterocycles. The standard InChI is InChI=1S/C18H16N2O2/c19-12-16(18(20)22)15(13-7-3-1-4-8-13)11-17(21)14-9-5-2-6-10-14/h1-10,15-16H,11H2,(H2,20,22)/t15-,16+/m1/s1. The minimum Gasteiger partial charge on any atom is -0.369 e. The second-order valence-corrected chi connectivity index (χ2v) is 5.02. The van der Waals surface area contributed by atoms with Crippen molar-refractivity contribution in [3.8, 4) is 6.07 Å². The number of nitrogens with zero attached hydrogens (tertiary/aromatic N) is 1. The molecule has 2 aromatic carbocycles. The zero-order chi connectivity index (χ0) is 15.9. The van der Waals surface area contributed by atoms with Crippen molar-refractivity contribution in [2.24, 2.45) is 11.7 Å². The van der Waals surface area contributed by atoms with E-state index in [0.717, 1.165) is 5.56 Å². The van der Waals surface area contributed by atoms with E-state index in [2.05, 4.69) is 0 Å². The predicted octanol–water partition coefficient (Wildman–Crippen LogP) is 2.67. The maximum absolute atomic E-state index is 12.4. The number of Topliss-reactive ketones (excluding diaryl/α,β-unsaturated/α-hetero) is 1. The number of carbonyl (C=O) groups excluding carboxylic acids is 2. The lowest BCUT2D eigenvalue weighted by atomic mass is 9.81. The molecule has 0 saturated carbocycles. The summed E-state index contributed by atoms with van der Waals surface area (Å²) in [6.45, 7) is 0. The Morgan fingerprint density at radius 1 is 1.00 bits per heavy atom. The second-order valence-electron chi connectivity index (χ2n) is 5.02. The number of benzene rings is 2. The van der Waals surface area contributed by atoms with Gasteiger partial charge in [0.15, 0.2) is 5.78 Å². The molecule has 0 spiro atoms. The van der Waals surface area contributed by atoms with E-state index < -0.39 is 17.7 Å². The SMILES string of the molecule is N#C[C@H](C(N)=O)[C@H](CC(=O)c1ccccc1)c1ccccc1. The third-order valence-electron chi connectivity index (χ3n) is 3.58.